The molecule has 0 saturated carbocycles. The van der Waals surface area contributed by atoms with E-state index in [4.69, 9.17) is 10.5 Å². The molecule has 0 unspecified atom stereocenters. The van der Waals surface area contributed by atoms with Crippen molar-refractivity contribution >= 4 is 5.69 Å². The van der Waals surface area contributed by atoms with E-state index >= 15 is 0 Å². The van der Waals surface area contributed by atoms with Gasteiger partial charge in [0.05, 0.1) is 0 Å². The fourth-order valence-corrected chi connectivity index (χ4v) is 2.39. The summed E-state index contributed by atoms with van der Waals surface area (Å²) in [6.45, 7) is 3.45. The summed E-state index contributed by atoms with van der Waals surface area (Å²) in [4.78, 5) is 0. The predicted octanol–water partition coefficient (Wildman–Crippen LogP) is 2.08. The van der Waals surface area contributed by atoms with Gasteiger partial charge in [0.25, 0.3) is 0 Å². The number of nitrogens with two attached hydrogens (primary N) is 1. The molecule has 1 aliphatic rings. The zero-order chi connectivity index (χ0) is 13.2. The molecule has 2 aromatic rings. The average molecular weight is 258 g/mol. The van der Waals surface area contributed by atoms with E-state index in [9.17, 15) is 0 Å². The van der Waals surface area contributed by atoms with Crippen LogP contribution in [0, 0.1) is 6.92 Å². The van der Waals surface area contributed by atoms with E-state index in [-0.39, 0.29) is 0 Å². The lowest BCUT2D eigenvalue weighted by Gasteiger charge is -2.15. The summed E-state index contributed by atoms with van der Waals surface area (Å²) < 4.78 is 8.00. The number of hydrogen-bond donors (Lipinski definition) is 1. The molecular weight excluding hydrogens is 240 g/mol. The number of fused-ring (bicyclic) bond motifs is 1. The van der Waals surface area contributed by atoms with E-state index in [2.05, 4.69) is 14.8 Å². The summed E-state index contributed by atoms with van der Waals surface area (Å²) >= 11 is 0. The molecular formula is C14H18N4O. The number of aryl methyl sites for hydroxylation is 2. The molecule has 3 rings (SSSR count). The monoisotopic (exact) mass is 258 g/mol. The fraction of sp³-hybridized carbons (Fsp3) is 0.429. The lowest BCUT2D eigenvalue weighted by molar-refractivity contribution is 0.284. The SMILES string of the molecule is Cc1ccc(N)cc1OCc1nnc2n1CCCC2. The number of nitrogen functional groups attached to an aromatic ring is 1. The molecule has 1 aromatic carbocycles. The molecule has 1 aliphatic heterocycles. The van der Waals surface area contributed by atoms with Gasteiger partial charge in [0.2, 0.25) is 0 Å². The van der Waals surface area contributed by atoms with Crippen LogP contribution in [-0.2, 0) is 19.6 Å². The summed E-state index contributed by atoms with van der Waals surface area (Å²) in [5.41, 5.74) is 7.56. The molecule has 0 aliphatic carbocycles. The van der Waals surface area contributed by atoms with Gasteiger partial charge in [0.15, 0.2) is 5.82 Å². The molecule has 0 saturated heterocycles. The van der Waals surface area contributed by atoms with E-state index in [1.165, 1.54) is 12.8 Å². The summed E-state index contributed by atoms with van der Waals surface area (Å²) in [6, 6.07) is 5.69. The number of hydrogen-bond acceptors (Lipinski definition) is 4. The van der Waals surface area contributed by atoms with Gasteiger partial charge in [-0.2, -0.15) is 0 Å². The highest BCUT2D eigenvalue weighted by atomic mass is 16.5. The molecule has 100 valence electrons. The second-order valence-corrected chi connectivity index (χ2v) is 4.95. The highest BCUT2D eigenvalue weighted by Gasteiger charge is 2.16. The quantitative estimate of drug-likeness (QED) is 0.856. The number of nitrogens with zero attached hydrogens (tertiary/aromatic N) is 3. The van der Waals surface area contributed by atoms with Crippen molar-refractivity contribution in [3.8, 4) is 5.75 Å². The van der Waals surface area contributed by atoms with Crippen molar-refractivity contribution in [3.05, 3.63) is 35.4 Å². The third-order valence-electron chi connectivity index (χ3n) is 3.51. The van der Waals surface area contributed by atoms with Crippen LogP contribution in [0.15, 0.2) is 18.2 Å². The minimum absolute atomic E-state index is 0.442. The van der Waals surface area contributed by atoms with Gasteiger partial charge < -0.3 is 15.0 Å². The van der Waals surface area contributed by atoms with Crippen molar-refractivity contribution in [2.45, 2.75) is 39.3 Å². The molecule has 0 radical (unpaired) electrons. The average Bonchev–Trinajstić information content (AvgIpc) is 2.83. The number of ether oxygens (including phenoxy) is 1. The summed E-state index contributed by atoms with van der Waals surface area (Å²) in [5, 5.41) is 8.44. The smallest absolute Gasteiger partial charge is 0.171 e. The van der Waals surface area contributed by atoms with E-state index in [0.717, 1.165) is 35.9 Å². The lowest BCUT2D eigenvalue weighted by atomic mass is 10.2. The summed E-state index contributed by atoms with van der Waals surface area (Å²) in [5.74, 6) is 2.79. The Labute approximate surface area is 112 Å². The Kier molecular flexibility index (Phi) is 3.11. The first-order valence-electron chi connectivity index (χ1n) is 6.64. The Morgan fingerprint density at radius 1 is 1.32 bits per heavy atom. The van der Waals surface area contributed by atoms with Crippen molar-refractivity contribution in [2.75, 3.05) is 5.73 Å². The standard InChI is InChI=1S/C14H18N4O/c1-10-5-6-11(15)8-12(10)19-9-14-17-16-13-4-2-3-7-18(13)14/h5-6,8H,2-4,7,9,15H2,1H3. The normalized spacial score (nSPS) is 14.2. The molecule has 0 bridgehead atoms. The van der Waals surface area contributed by atoms with Gasteiger partial charge >= 0.3 is 0 Å². The number of benzene rings is 1. The molecule has 0 atom stereocenters. The third kappa shape index (κ3) is 2.41. The topological polar surface area (TPSA) is 66.0 Å². The first-order valence-corrected chi connectivity index (χ1v) is 6.64. The van der Waals surface area contributed by atoms with Crippen LogP contribution in [0.2, 0.25) is 0 Å². The van der Waals surface area contributed by atoms with Crippen LogP contribution in [0.4, 0.5) is 5.69 Å². The van der Waals surface area contributed by atoms with Crippen LogP contribution < -0.4 is 10.5 Å². The number of anilines is 1. The molecule has 5 heteroatoms. The molecule has 19 heavy (non-hydrogen) atoms. The van der Waals surface area contributed by atoms with Crippen LogP contribution in [-0.4, -0.2) is 14.8 Å². The molecule has 1 aromatic heterocycles. The van der Waals surface area contributed by atoms with Crippen molar-refractivity contribution in [1.82, 2.24) is 14.8 Å². The summed E-state index contributed by atoms with van der Waals surface area (Å²) in [7, 11) is 0. The van der Waals surface area contributed by atoms with E-state index in [1.807, 2.05) is 25.1 Å². The molecule has 0 fully saturated rings. The maximum absolute atomic E-state index is 5.82. The Bertz CT molecular complexity index is 591. The van der Waals surface area contributed by atoms with Crippen LogP contribution in [0.5, 0.6) is 5.75 Å². The zero-order valence-electron chi connectivity index (χ0n) is 11.1. The van der Waals surface area contributed by atoms with Crippen molar-refractivity contribution in [3.63, 3.8) is 0 Å². The van der Waals surface area contributed by atoms with Crippen molar-refractivity contribution in [1.29, 1.82) is 0 Å². The van der Waals surface area contributed by atoms with Gasteiger partial charge in [0, 0.05) is 24.7 Å². The van der Waals surface area contributed by atoms with Gasteiger partial charge in [-0.1, -0.05) is 6.07 Å². The van der Waals surface area contributed by atoms with Crippen molar-refractivity contribution in [2.24, 2.45) is 0 Å². The second-order valence-electron chi connectivity index (χ2n) is 4.95. The first kappa shape index (κ1) is 12.0. The zero-order valence-corrected chi connectivity index (χ0v) is 11.1. The molecule has 0 amide bonds. The molecule has 0 spiro atoms. The fourth-order valence-electron chi connectivity index (χ4n) is 2.39. The summed E-state index contributed by atoms with van der Waals surface area (Å²) in [6.07, 6.45) is 3.41. The van der Waals surface area contributed by atoms with Crippen LogP contribution in [0.1, 0.15) is 30.1 Å². The Morgan fingerprint density at radius 3 is 3.11 bits per heavy atom. The maximum atomic E-state index is 5.82. The maximum Gasteiger partial charge on any atom is 0.171 e. The van der Waals surface area contributed by atoms with Gasteiger partial charge in [-0.05, 0) is 31.4 Å². The van der Waals surface area contributed by atoms with Crippen molar-refractivity contribution < 1.29 is 4.74 Å². The highest BCUT2D eigenvalue weighted by molar-refractivity contribution is 5.47. The van der Waals surface area contributed by atoms with Gasteiger partial charge in [-0.15, -0.1) is 10.2 Å². The number of rotatable bonds is 3. The molecule has 2 N–H and O–H groups in total. The Balaban J connectivity index is 1.75. The van der Waals surface area contributed by atoms with Crippen LogP contribution in [0.25, 0.3) is 0 Å². The molecule has 5 nitrogen and oxygen atoms in total. The third-order valence-corrected chi connectivity index (χ3v) is 3.51. The van der Waals surface area contributed by atoms with Crippen LogP contribution in [0.3, 0.4) is 0 Å². The van der Waals surface area contributed by atoms with Gasteiger partial charge in [-0.3, -0.25) is 0 Å². The second kappa shape index (κ2) is 4.91. The Morgan fingerprint density at radius 2 is 2.21 bits per heavy atom. The highest BCUT2D eigenvalue weighted by Crippen LogP contribution is 2.22. The largest absolute Gasteiger partial charge is 0.485 e. The number of aromatic nitrogens is 3. The van der Waals surface area contributed by atoms with E-state index in [1.54, 1.807) is 0 Å². The first-order chi connectivity index (χ1) is 9.24. The Hall–Kier alpha value is -2.04. The van der Waals surface area contributed by atoms with E-state index in [0.29, 0.717) is 12.3 Å². The predicted molar refractivity (Wildman–Crippen MR) is 72.9 cm³/mol. The minimum atomic E-state index is 0.442. The van der Waals surface area contributed by atoms with Gasteiger partial charge in [0.1, 0.15) is 18.2 Å². The lowest BCUT2D eigenvalue weighted by Crippen LogP contribution is -2.14. The minimum Gasteiger partial charge on any atom is -0.485 e. The molecule has 2 heterocycles. The van der Waals surface area contributed by atoms with Gasteiger partial charge in [-0.25, -0.2) is 0 Å². The van der Waals surface area contributed by atoms with Crippen LogP contribution >= 0.6 is 0 Å². The van der Waals surface area contributed by atoms with E-state index < -0.39 is 0 Å².